The number of esters is 1. The van der Waals surface area contributed by atoms with Crippen molar-refractivity contribution in [3.05, 3.63) is 47.5 Å². The lowest BCUT2D eigenvalue weighted by atomic mass is 10.1. The molecule has 33 heavy (non-hydrogen) atoms. The number of carbonyl (C=O) groups is 2. The second kappa shape index (κ2) is 10.7. The Morgan fingerprint density at radius 2 is 1.61 bits per heavy atom. The number of amides is 1. The minimum Gasteiger partial charge on any atom is -0.497 e. The highest BCUT2D eigenvalue weighted by Crippen LogP contribution is 2.30. The van der Waals surface area contributed by atoms with Crippen LogP contribution in [0.5, 0.6) is 11.5 Å². The summed E-state index contributed by atoms with van der Waals surface area (Å²) in [7, 11) is 0.221. The first kappa shape index (κ1) is 24.5. The van der Waals surface area contributed by atoms with Crippen LogP contribution in [0.1, 0.15) is 46.4 Å². The zero-order valence-electron chi connectivity index (χ0n) is 18.9. The number of anilines is 1. The SMILES string of the molecule is COC(=O)c1cc(OC)ccc1NC(=O)c1ccc(OC)c(S(=O)(=O)N2CCCCCC2)c1. The third-order valence-corrected chi connectivity index (χ3v) is 7.41. The molecule has 0 atom stereocenters. The summed E-state index contributed by atoms with van der Waals surface area (Å²) in [4.78, 5) is 25.1. The minimum absolute atomic E-state index is 0.0672. The molecule has 1 fully saturated rings. The van der Waals surface area contributed by atoms with Crippen LogP contribution in [0.2, 0.25) is 0 Å². The molecule has 0 unspecified atom stereocenters. The number of hydrogen-bond donors (Lipinski definition) is 1. The molecule has 1 heterocycles. The van der Waals surface area contributed by atoms with Crippen molar-refractivity contribution >= 4 is 27.6 Å². The van der Waals surface area contributed by atoms with Gasteiger partial charge in [0.1, 0.15) is 16.4 Å². The Bertz CT molecular complexity index is 1120. The fraction of sp³-hybridized carbons (Fsp3) is 0.391. The first-order valence-electron chi connectivity index (χ1n) is 10.6. The third kappa shape index (κ3) is 5.45. The smallest absolute Gasteiger partial charge is 0.340 e. The molecule has 0 radical (unpaired) electrons. The number of benzene rings is 2. The van der Waals surface area contributed by atoms with E-state index in [0.717, 1.165) is 25.7 Å². The van der Waals surface area contributed by atoms with Gasteiger partial charge < -0.3 is 19.5 Å². The molecule has 178 valence electrons. The quantitative estimate of drug-likeness (QED) is 0.610. The molecule has 0 spiro atoms. The van der Waals surface area contributed by atoms with E-state index in [1.54, 1.807) is 6.07 Å². The molecule has 1 aliphatic rings. The van der Waals surface area contributed by atoms with Crippen LogP contribution in [0, 0.1) is 0 Å². The number of hydrogen-bond acceptors (Lipinski definition) is 7. The van der Waals surface area contributed by atoms with E-state index in [4.69, 9.17) is 14.2 Å². The summed E-state index contributed by atoms with van der Waals surface area (Å²) < 4.78 is 43.3. The number of rotatable bonds is 7. The van der Waals surface area contributed by atoms with E-state index in [9.17, 15) is 18.0 Å². The molecule has 9 nitrogen and oxygen atoms in total. The second-order valence-electron chi connectivity index (χ2n) is 7.54. The maximum Gasteiger partial charge on any atom is 0.340 e. The lowest BCUT2D eigenvalue weighted by Gasteiger charge is -2.21. The topological polar surface area (TPSA) is 111 Å². The van der Waals surface area contributed by atoms with Crippen LogP contribution >= 0.6 is 0 Å². The number of nitrogens with one attached hydrogen (secondary N) is 1. The summed E-state index contributed by atoms with van der Waals surface area (Å²) in [6, 6.07) is 8.78. The zero-order chi connectivity index (χ0) is 24.0. The van der Waals surface area contributed by atoms with E-state index in [1.807, 2.05) is 0 Å². The molecule has 3 rings (SSSR count). The largest absolute Gasteiger partial charge is 0.497 e. The molecule has 1 amide bonds. The van der Waals surface area contributed by atoms with Gasteiger partial charge in [0.05, 0.1) is 32.6 Å². The highest BCUT2D eigenvalue weighted by Gasteiger charge is 2.29. The highest BCUT2D eigenvalue weighted by molar-refractivity contribution is 7.89. The van der Waals surface area contributed by atoms with Crippen molar-refractivity contribution < 1.29 is 32.2 Å². The Labute approximate surface area is 193 Å². The Hall–Kier alpha value is -3.11. The van der Waals surface area contributed by atoms with Crippen LogP contribution in [0.3, 0.4) is 0 Å². The molecular formula is C23H28N2O7S. The molecular weight excluding hydrogens is 448 g/mol. The van der Waals surface area contributed by atoms with Crippen molar-refractivity contribution in [2.45, 2.75) is 30.6 Å². The number of sulfonamides is 1. The van der Waals surface area contributed by atoms with Crippen molar-refractivity contribution in [3.63, 3.8) is 0 Å². The van der Waals surface area contributed by atoms with Gasteiger partial charge >= 0.3 is 5.97 Å². The van der Waals surface area contributed by atoms with Crippen molar-refractivity contribution in [1.29, 1.82) is 0 Å². The Kier molecular flexibility index (Phi) is 7.93. The molecule has 1 N–H and O–H groups in total. The molecule has 0 saturated carbocycles. The van der Waals surface area contributed by atoms with E-state index >= 15 is 0 Å². The Morgan fingerprint density at radius 3 is 2.21 bits per heavy atom. The van der Waals surface area contributed by atoms with Crippen LogP contribution < -0.4 is 14.8 Å². The fourth-order valence-corrected chi connectivity index (χ4v) is 5.37. The van der Waals surface area contributed by atoms with Crippen molar-refractivity contribution in [1.82, 2.24) is 4.31 Å². The molecule has 0 aromatic heterocycles. The van der Waals surface area contributed by atoms with Crippen LogP contribution in [-0.2, 0) is 14.8 Å². The van der Waals surface area contributed by atoms with Gasteiger partial charge in [0.25, 0.3) is 5.91 Å². The van der Waals surface area contributed by atoms with Crippen LogP contribution in [0.15, 0.2) is 41.3 Å². The van der Waals surface area contributed by atoms with Gasteiger partial charge in [-0.3, -0.25) is 4.79 Å². The fourth-order valence-electron chi connectivity index (χ4n) is 3.67. The third-order valence-electron chi connectivity index (χ3n) is 5.49. The average molecular weight is 477 g/mol. The summed E-state index contributed by atoms with van der Waals surface area (Å²) in [6.45, 7) is 0.854. The predicted molar refractivity (Wildman–Crippen MR) is 123 cm³/mol. The monoisotopic (exact) mass is 476 g/mol. The standard InChI is InChI=1S/C23H28N2O7S/c1-30-17-9-10-19(18(15-17)23(27)32-3)24-22(26)16-8-11-20(31-2)21(14-16)33(28,29)25-12-6-4-5-7-13-25/h8-11,14-15H,4-7,12-13H2,1-3H3,(H,24,26). The molecule has 1 saturated heterocycles. The van der Waals surface area contributed by atoms with Gasteiger partial charge in [0, 0.05) is 18.7 Å². The summed E-state index contributed by atoms with van der Waals surface area (Å²) in [6.07, 6.45) is 3.54. The number of carbonyl (C=O) groups excluding carboxylic acids is 2. The van der Waals surface area contributed by atoms with E-state index in [0.29, 0.717) is 18.8 Å². The molecule has 1 aliphatic heterocycles. The lowest BCUT2D eigenvalue weighted by molar-refractivity contribution is 0.0601. The van der Waals surface area contributed by atoms with E-state index in [2.05, 4.69) is 5.32 Å². The van der Waals surface area contributed by atoms with Gasteiger partial charge in [0.15, 0.2) is 0 Å². The van der Waals surface area contributed by atoms with Crippen molar-refractivity contribution in [2.75, 3.05) is 39.7 Å². The first-order valence-corrected chi connectivity index (χ1v) is 12.0. The van der Waals surface area contributed by atoms with Gasteiger partial charge in [0.2, 0.25) is 10.0 Å². The molecule has 0 aliphatic carbocycles. The van der Waals surface area contributed by atoms with Crippen molar-refractivity contribution in [2.24, 2.45) is 0 Å². The highest BCUT2D eigenvalue weighted by atomic mass is 32.2. The van der Waals surface area contributed by atoms with E-state index in [-0.39, 0.29) is 27.5 Å². The maximum absolute atomic E-state index is 13.3. The molecule has 10 heteroatoms. The summed E-state index contributed by atoms with van der Waals surface area (Å²) in [5, 5.41) is 2.65. The van der Waals surface area contributed by atoms with Gasteiger partial charge in [-0.2, -0.15) is 4.31 Å². The molecule has 2 aromatic rings. The maximum atomic E-state index is 13.3. The normalized spacial score (nSPS) is 14.8. The molecule has 0 bridgehead atoms. The minimum atomic E-state index is -3.85. The van der Waals surface area contributed by atoms with Gasteiger partial charge in [-0.05, 0) is 49.2 Å². The van der Waals surface area contributed by atoms with E-state index < -0.39 is 21.9 Å². The predicted octanol–water partition coefficient (Wildman–Crippen LogP) is 3.31. The Balaban J connectivity index is 1.95. The lowest BCUT2D eigenvalue weighted by Crippen LogP contribution is -2.32. The Morgan fingerprint density at radius 1 is 0.909 bits per heavy atom. The number of methoxy groups -OCH3 is 3. The van der Waals surface area contributed by atoms with Crippen LogP contribution in [0.4, 0.5) is 5.69 Å². The second-order valence-corrected chi connectivity index (χ2v) is 9.45. The van der Waals surface area contributed by atoms with E-state index in [1.165, 1.54) is 56.0 Å². The van der Waals surface area contributed by atoms with Crippen LogP contribution in [-0.4, -0.2) is 59.0 Å². The molecule has 2 aromatic carbocycles. The summed E-state index contributed by atoms with van der Waals surface area (Å²) >= 11 is 0. The summed E-state index contributed by atoms with van der Waals surface area (Å²) in [5.41, 5.74) is 0.423. The number of ether oxygens (including phenoxy) is 3. The van der Waals surface area contributed by atoms with Crippen molar-refractivity contribution in [3.8, 4) is 11.5 Å². The zero-order valence-corrected chi connectivity index (χ0v) is 19.7. The van der Waals surface area contributed by atoms with Gasteiger partial charge in [-0.25, -0.2) is 13.2 Å². The van der Waals surface area contributed by atoms with Crippen LogP contribution in [0.25, 0.3) is 0 Å². The first-order chi connectivity index (χ1) is 15.8. The summed E-state index contributed by atoms with van der Waals surface area (Å²) in [5.74, 6) is -0.650. The van der Waals surface area contributed by atoms with Gasteiger partial charge in [-0.1, -0.05) is 12.8 Å². The average Bonchev–Trinajstić information content (AvgIpc) is 3.13. The number of nitrogens with zero attached hydrogens (tertiary/aromatic N) is 1. The van der Waals surface area contributed by atoms with Gasteiger partial charge in [-0.15, -0.1) is 0 Å².